The number of fused-ring (bicyclic) bond motifs is 1. The van der Waals surface area contributed by atoms with Crippen LogP contribution in [-0.2, 0) is 9.53 Å². The molecular weight excluding hydrogens is 252 g/mol. The molecule has 1 fully saturated rings. The number of morpholine rings is 1. The van der Waals surface area contributed by atoms with Crippen molar-refractivity contribution in [1.82, 2.24) is 4.90 Å². The summed E-state index contributed by atoms with van der Waals surface area (Å²) in [6.45, 7) is 6.22. The van der Waals surface area contributed by atoms with Crippen LogP contribution in [0.5, 0.6) is 0 Å². The summed E-state index contributed by atoms with van der Waals surface area (Å²) in [4.78, 5) is 14.9. The van der Waals surface area contributed by atoms with Gasteiger partial charge in [0, 0.05) is 18.8 Å². The summed E-state index contributed by atoms with van der Waals surface area (Å²) in [6, 6.07) is 8.33. The van der Waals surface area contributed by atoms with E-state index in [1.807, 2.05) is 30.0 Å². The van der Waals surface area contributed by atoms with Crippen molar-refractivity contribution in [2.75, 3.05) is 25.0 Å². The molecule has 1 N–H and O–H groups in total. The van der Waals surface area contributed by atoms with Crippen LogP contribution in [0.3, 0.4) is 0 Å². The van der Waals surface area contributed by atoms with E-state index in [1.54, 1.807) is 0 Å². The first-order valence-electron chi connectivity index (χ1n) is 7.45. The van der Waals surface area contributed by atoms with Crippen LogP contribution in [0.2, 0.25) is 0 Å². The Morgan fingerprint density at radius 3 is 3.05 bits per heavy atom. The lowest BCUT2D eigenvalue weighted by atomic mass is 9.98. The van der Waals surface area contributed by atoms with Gasteiger partial charge in [-0.2, -0.15) is 0 Å². The number of hydrogen-bond donors (Lipinski definition) is 1. The highest BCUT2D eigenvalue weighted by Gasteiger charge is 2.36. The van der Waals surface area contributed by atoms with Gasteiger partial charge in [0.1, 0.15) is 0 Å². The van der Waals surface area contributed by atoms with E-state index in [1.165, 1.54) is 0 Å². The second-order valence-corrected chi connectivity index (χ2v) is 5.72. The van der Waals surface area contributed by atoms with Crippen molar-refractivity contribution in [1.29, 1.82) is 0 Å². The largest absolute Gasteiger partial charge is 0.384 e. The zero-order chi connectivity index (χ0) is 14.1. The molecule has 2 aliphatic heterocycles. The van der Waals surface area contributed by atoms with Gasteiger partial charge in [-0.25, -0.2) is 0 Å². The van der Waals surface area contributed by atoms with Gasteiger partial charge >= 0.3 is 0 Å². The first kappa shape index (κ1) is 13.4. The Balaban J connectivity index is 1.82. The predicted molar refractivity (Wildman–Crippen MR) is 78.9 cm³/mol. The maximum atomic E-state index is 12.9. The Morgan fingerprint density at radius 1 is 1.45 bits per heavy atom. The van der Waals surface area contributed by atoms with Crippen molar-refractivity contribution in [2.24, 2.45) is 0 Å². The molecule has 2 aliphatic rings. The third kappa shape index (κ3) is 2.29. The van der Waals surface area contributed by atoms with Crippen LogP contribution < -0.4 is 5.32 Å². The maximum absolute atomic E-state index is 12.9. The molecule has 1 aromatic carbocycles. The molecule has 1 aromatic rings. The van der Waals surface area contributed by atoms with Crippen LogP contribution in [0.25, 0.3) is 0 Å². The van der Waals surface area contributed by atoms with Gasteiger partial charge in [-0.15, -0.1) is 0 Å². The third-order valence-electron chi connectivity index (χ3n) is 4.35. The normalized spacial score (nSPS) is 28.9. The van der Waals surface area contributed by atoms with Gasteiger partial charge < -0.3 is 15.0 Å². The van der Waals surface area contributed by atoms with Gasteiger partial charge in [-0.3, -0.25) is 4.79 Å². The van der Waals surface area contributed by atoms with Crippen LogP contribution >= 0.6 is 0 Å². The van der Waals surface area contributed by atoms with E-state index in [0.29, 0.717) is 19.7 Å². The minimum Gasteiger partial charge on any atom is -0.384 e. The monoisotopic (exact) mass is 274 g/mol. The molecule has 3 unspecified atom stereocenters. The Bertz CT molecular complexity index is 503. The summed E-state index contributed by atoms with van der Waals surface area (Å²) in [5.74, 6) is 0.190. The Labute approximate surface area is 120 Å². The van der Waals surface area contributed by atoms with Gasteiger partial charge in [-0.05, 0) is 25.0 Å². The van der Waals surface area contributed by atoms with Crippen molar-refractivity contribution in [2.45, 2.75) is 38.3 Å². The fourth-order valence-electron chi connectivity index (χ4n) is 3.16. The van der Waals surface area contributed by atoms with Crippen molar-refractivity contribution in [3.63, 3.8) is 0 Å². The van der Waals surface area contributed by atoms with E-state index in [0.717, 1.165) is 17.7 Å². The number of amides is 1. The highest BCUT2D eigenvalue weighted by atomic mass is 16.5. The summed E-state index contributed by atoms with van der Waals surface area (Å²) in [5, 5.41) is 3.34. The molecule has 0 spiro atoms. The molecule has 0 saturated carbocycles. The Hall–Kier alpha value is -1.55. The standard InChI is InChI=1S/C16H22N2O2/c1-3-12-10-20-11(2)9-18(12)16(19)14-8-17-15-7-5-4-6-13(14)15/h4-7,11-12,14,17H,3,8-10H2,1-2H3. The SMILES string of the molecule is CCC1COC(C)CN1C(=O)C1CNc2ccccc21. The van der Waals surface area contributed by atoms with E-state index in [2.05, 4.69) is 18.3 Å². The summed E-state index contributed by atoms with van der Waals surface area (Å²) >= 11 is 0. The quantitative estimate of drug-likeness (QED) is 0.899. The van der Waals surface area contributed by atoms with E-state index in [9.17, 15) is 4.79 Å². The Morgan fingerprint density at radius 2 is 2.25 bits per heavy atom. The molecule has 0 aliphatic carbocycles. The molecular formula is C16H22N2O2. The van der Waals surface area contributed by atoms with Gasteiger partial charge in [0.2, 0.25) is 5.91 Å². The lowest BCUT2D eigenvalue weighted by Gasteiger charge is -2.39. The smallest absolute Gasteiger partial charge is 0.232 e. The molecule has 0 radical (unpaired) electrons. The van der Waals surface area contributed by atoms with Gasteiger partial charge in [0.25, 0.3) is 0 Å². The topological polar surface area (TPSA) is 41.6 Å². The van der Waals surface area contributed by atoms with E-state index < -0.39 is 0 Å². The van der Waals surface area contributed by atoms with Crippen molar-refractivity contribution < 1.29 is 9.53 Å². The first-order chi connectivity index (χ1) is 9.70. The zero-order valence-electron chi connectivity index (χ0n) is 12.1. The number of benzene rings is 1. The number of carbonyl (C=O) groups excluding carboxylic acids is 1. The fraction of sp³-hybridized carbons (Fsp3) is 0.562. The second kappa shape index (κ2) is 5.44. The molecule has 3 atom stereocenters. The number of carbonyl (C=O) groups is 1. The average Bonchev–Trinajstić information content (AvgIpc) is 2.90. The summed E-state index contributed by atoms with van der Waals surface area (Å²) in [6.07, 6.45) is 1.08. The number of rotatable bonds is 2. The summed E-state index contributed by atoms with van der Waals surface area (Å²) in [7, 11) is 0. The minimum absolute atomic E-state index is 0.0504. The molecule has 1 amide bonds. The average molecular weight is 274 g/mol. The highest BCUT2D eigenvalue weighted by Crippen LogP contribution is 2.33. The molecule has 4 nitrogen and oxygen atoms in total. The van der Waals surface area contributed by atoms with Gasteiger partial charge in [0.05, 0.1) is 24.7 Å². The van der Waals surface area contributed by atoms with Crippen LogP contribution in [0.4, 0.5) is 5.69 Å². The molecule has 0 aromatic heterocycles. The number of hydrogen-bond acceptors (Lipinski definition) is 3. The van der Waals surface area contributed by atoms with Gasteiger partial charge in [-0.1, -0.05) is 25.1 Å². The number of nitrogens with one attached hydrogen (secondary N) is 1. The van der Waals surface area contributed by atoms with Crippen LogP contribution in [-0.4, -0.2) is 42.6 Å². The van der Waals surface area contributed by atoms with Crippen molar-refractivity contribution in [3.8, 4) is 0 Å². The summed E-state index contributed by atoms with van der Waals surface area (Å²) < 4.78 is 5.68. The lowest BCUT2D eigenvalue weighted by molar-refractivity contribution is -0.145. The molecule has 0 bridgehead atoms. The molecule has 4 heteroatoms. The van der Waals surface area contributed by atoms with Crippen LogP contribution in [0.1, 0.15) is 31.7 Å². The number of anilines is 1. The molecule has 3 rings (SSSR count). The second-order valence-electron chi connectivity index (χ2n) is 5.72. The van der Waals surface area contributed by atoms with E-state index in [-0.39, 0.29) is 24.0 Å². The fourth-order valence-corrected chi connectivity index (χ4v) is 3.16. The summed E-state index contributed by atoms with van der Waals surface area (Å²) in [5.41, 5.74) is 2.23. The van der Waals surface area contributed by atoms with E-state index in [4.69, 9.17) is 4.74 Å². The first-order valence-corrected chi connectivity index (χ1v) is 7.45. The van der Waals surface area contributed by atoms with Gasteiger partial charge in [0.15, 0.2) is 0 Å². The molecule has 108 valence electrons. The molecule has 1 saturated heterocycles. The minimum atomic E-state index is -0.0504. The van der Waals surface area contributed by atoms with Crippen LogP contribution in [0.15, 0.2) is 24.3 Å². The zero-order valence-corrected chi connectivity index (χ0v) is 12.1. The van der Waals surface area contributed by atoms with Crippen molar-refractivity contribution in [3.05, 3.63) is 29.8 Å². The third-order valence-corrected chi connectivity index (χ3v) is 4.35. The maximum Gasteiger partial charge on any atom is 0.232 e. The van der Waals surface area contributed by atoms with E-state index >= 15 is 0 Å². The number of nitrogens with zero attached hydrogens (tertiary/aromatic N) is 1. The highest BCUT2D eigenvalue weighted by molar-refractivity contribution is 5.88. The Kier molecular flexibility index (Phi) is 3.66. The van der Waals surface area contributed by atoms with Crippen molar-refractivity contribution >= 4 is 11.6 Å². The molecule has 20 heavy (non-hydrogen) atoms. The lowest BCUT2D eigenvalue weighted by Crippen LogP contribution is -2.52. The number of ether oxygens (including phenoxy) is 1. The molecule has 2 heterocycles. The number of para-hydroxylation sites is 1. The predicted octanol–water partition coefficient (Wildman–Crippen LogP) is 2.22. The van der Waals surface area contributed by atoms with Crippen LogP contribution in [0, 0.1) is 0 Å².